The van der Waals surface area contributed by atoms with Gasteiger partial charge in [0.15, 0.2) is 11.6 Å². The molecule has 1 aromatic rings. The average molecular weight is 281 g/mol. The second-order valence-electron chi connectivity index (χ2n) is 5.54. The third kappa shape index (κ3) is 3.10. The van der Waals surface area contributed by atoms with Crippen LogP contribution < -0.4 is 4.74 Å². The molecule has 1 saturated heterocycles. The van der Waals surface area contributed by atoms with Crippen molar-refractivity contribution in [1.29, 1.82) is 0 Å². The van der Waals surface area contributed by atoms with E-state index in [1.54, 1.807) is 17.0 Å². The van der Waals surface area contributed by atoms with Gasteiger partial charge in [-0.05, 0) is 18.1 Å². The van der Waals surface area contributed by atoms with Crippen LogP contribution in [0.1, 0.15) is 20.3 Å². The van der Waals surface area contributed by atoms with Crippen LogP contribution in [0.25, 0.3) is 0 Å². The molecule has 1 fully saturated rings. The number of amides is 1. The minimum atomic E-state index is -0.762. The lowest BCUT2D eigenvalue weighted by Crippen LogP contribution is -2.66. The van der Waals surface area contributed by atoms with Crippen LogP contribution in [0.4, 0.5) is 4.39 Å². The van der Waals surface area contributed by atoms with Crippen molar-refractivity contribution in [3.63, 3.8) is 0 Å². The highest BCUT2D eigenvalue weighted by atomic mass is 19.1. The highest BCUT2D eigenvalue weighted by Crippen LogP contribution is 2.28. The number of hydrogen-bond donors (Lipinski definition) is 1. The van der Waals surface area contributed by atoms with Gasteiger partial charge in [-0.15, -0.1) is 0 Å². The lowest BCUT2D eigenvalue weighted by atomic mass is 9.83. The van der Waals surface area contributed by atoms with Crippen molar-refractivity contribution in [1.82, 2.24) is 4.90 Å². The number of nitrogens with zero attached hydrogens (tertiary/aromatic N) is 1. The average Bonchev–Trinajstić information content (AvgIpc) is 2.36. The summed E-state index contributed by atoms with van der Waals surface area (Å²) < 4.78 is 18.5. The molecule has 1 N–H and O–H groups in total. The lowest BCUT2D eigenvalue weighted by molar-refractivity contribution is -0.164. The van der Waals surface area contributed by atoms with Gasteiger partial charge in [-0.3, -0.25) is 4.79 Å². The first kappa shape index (κ1) is 14.8. The van der Waals surface area contributed by atoms with Gasteiger partial charge in [0.2, 0.25) is 5.91 Å². The number of carbonyl (C=O) groups excluding carboxylic acids is 1. The van der Waals surface area contributed by atoms with E-state index in [4.69, 9.17) is 4.74 Å². The highest BCUT2D eigenvalue weighted by Gasteiger charge is 2.45. The number of para-hydroxylation sites is 1. The molecule has 1 amide bonds. The van der Waals surface area contributed by atoms with Crippen LogP contribution in [0.3, 0.4) is 0 Å². The number of β-amino-alcohol motifs (C(OH)–C–C–N with tert-alkyl or cyclic N) is 1. The quantitative estimate of drug-likeness (QED) is 0.895. The predicted molar refractivity (Wildman–Crippen MR) is 72.9 cm³/mol. The van der Waals surface area contributed by atoms with E-state index in [9.17, 15) is 14.3 Å². The summed E-state index contributed by atoms with van der Waals surface area (Å²) in [5.74, 6) is -0.228. The topological polar surface area (TPSA) is 49.8 Å². The van der Waals surface area contributed by atoms with Crippen molar-refractivity contribution in [2.75, 3.05) is 19.7 Å². The first-order valence-electron chi connectivity index (χ1n) is 6.80. The van der Waals surface area contributed by atoms with E-state index >= 15 is 0 Å². The van der Waals surface area contributed by atoms with Crippen molar-refractivity contribution < 1.29 is 19.0 Å². The molecule has 1 heterocycles. The highest BCUT2D eigenvalue weighted by molar-refractivity contribution is 5.77. The molecule has 0 aliphatic carbocycles. The van der Waals surface area contributed by atoms with E-state index in [0.717, 1.165) is 0 Å². The fraction of sp³-hybridized carbons (Fsp3) is 0.533. The van der Waals surface area contributed by atoms with E-state index in [2.05, 4.69) is 0 Å². The third-order valence-corrected chi connectivity index (χ3v) is 3.77. The SMILES string of the molecule is CC(C)C1(O)CN(C(=O)CCOc2ccccc2F)C1. The molecule has 1 aliphatic heterocycles. The number of carbonyl (C=O) groups is 1. The minimum absolute atomic E-state index is 0.0772. The lowest BCUT2D eigenvalue weighted by Gasteiger charge is -2.49. The number of halogens is 1. The Hall–Kier alpha value is -1.62. The first-order chi connectivity index (χ1) is 9.42. The molecule has 110 valence electrons. The summed E-state index contributed by atoms with van der Waals surface area (Å²) in [4.78, 5) is 13.5. The van der Waals surface area contributed by atoms with Gasteiger partial charge in [0.1, 0.15) is 5.60 Å². The van der Waals surface area contributed by atoms with Gasteiger partial charge < -0.3 is 14.7 Å². The summed E-state index contributed by atoms with van der Waals surface area (Å²) >= 11 is 0. The van der Waals surface area contributed by atoms with Gasteiger partial charge >= 0.3 is 0 Å². The Kier molecular flexibility index (Phi) is 4.28. The molecule has 1 aromatic carbocycles. The molecule has 0 spiro atoms. The summed E-state index contributed by atoms with van der Waals surface area (Å²) in [7, 11) is 0. The zero-order chi connectivity index (χ0) is 14.8. The molecule has 2 rings (SSSR count). The van der Waals surface area contributed by atoms with Crippen molar-refractivity contribution in [3.8, 4) is 5.75 Å². The summed E-state index contributed by atoms with van der Waals surface area (Å²) in [5.41, 5.74) is -0.762. The molecule has 1 aliphatic rings. The van der Waals surface area contributed by atoms with Crippen molar-refractivity contribution in [2.45, 2.75) is 25.9 Å². The Balaban J connectivity index is 1.74. The Labute approximate surface area is 118 Å². The van der Waals surface area contributed by atoms with E-state index in [-0.39, 0.29) is 30.6 Å². The van der Waals surface area contributed by atoms with Gasteiger partial charge in [-0.25, -0.2) is 4.39 Å². The van der Waals surface area contributed by atoms with E-state index in [1.807, 2.05) is 13.8 Å². The van der Waals surface area contributed by atoms with Crippen molar-refractivity contribution >= 4 is 5.91 Å². The number of likely N-dealkylation sites (tertiary alicyclic amines) is 1. The third-order valence-electron chi connectivity index (χ3n) is 3.77. The Bertz CT molecular complexity index is 484. The van der Waals surface area contributed by atoms with Crippen LogP contribution in [0, 0.1) is 11.7 Å². The molecule has 0 radical (unpaired) electrons. The first-order valence-corrected chi connectivity index (χ1v) is 6.80. The maximum atomic E-state index is 13.3. The van der Waals surface area contributed by atoms with Crippen molar-refractivity contribution in [3.05, 3.63) is 30.1 Å². The monoisotopic (exact) mass is 281 g/mol. The Morgan fingerprint density at radius 3 is 2.70 bits per heavy atom. The second-order valence-corrected chi connectivity index (χ2v) is 5.54. The van der Waals surface area contributed by atoms with Gasteiger partial charge in [0, 0.05) is 0 Å². The maximum absolute atomic E-state index is 13.3. The zero-order valence-electron chi connectivity index (χ0n) is 11.8. The van der Waals surface area contributed by atoms with Gasteiger partial charge in [0.25, 0.3) is 0 Å². The summed E-state index contributed by atoms with van der Waals surface area (Å²) in [6.07, 6.45) is 0.183. The fourth-order valence-corrected chi connectivity index (χ4v) is 2.12. The number of benzene rings is 1. The normalized spacial score (nSPS) is 16.9. The van der Waals surface area contributed by atoms with Crippen LogP contribution in [-0.2, 0) is 4.79 Å². The van der Waals surface area contributed by atoms with Gasteiger partial charge in [0.05, 0.1) is 26.1 Å². The van der Waals surface area contributed by atoms with E-state index in [0.29, 0.717) is 13.1 Å². The van der Waals surface area contributed by atoms with Crippen LogP contribution >= 0.6 is 0 Å². The van der Waals surface area contributed by atoms with Crippen LogP contribution in [0.2, 0.25) is 0 Å². The largest absolute Gasteiger partial charge is 0.490 e. The molecule has 0 aromatic heterocycles. The maximum Gasteiger partial charge on any atom is 0.226 e. The predicted octanol–water partition coefficient (Wildman–Crippen LogP) is 1.82. The van der Waals surface area contributed by atoms with Crippen LogP contribution in [0.15, 0.2) is 24.3 Å². The molecule has 0 saturated carbocycles. The number of rotatable bonds is 5. The fourth-order valence-electron chi connectivity index (χ4n) is 2.12. The molecular formula is C15H20FNO3. The van der Waals surface area contributed by atoms with Crippen LogP contribution in [-0.4, -0.2) is 41.2 Å². The van der Waals surface area contributed by atoms with Crippen molar-refractivity contribution in [2.24, 2.45) is 5.92 Å². The van der Waals surface area contributed by atoms with E-state index < -0.39 is 11.4 Å². The Morgan fingerprint density at radius 2 is 2.10 bits per heavy atom. The second kappa shape index (κ2) is 5.79. The Morgan fingerprint density at radius 1 is 1.45 bits per heavy atom. The summed E-state index contributed by atoms with van der Waals surface area (Å²) in [5, 5.41) is 10.1. The minimum Gasteiger partial charge on any atom is -0.490 e. The molecule has 0 unspecified atom stereocenters. The van der Waals surface area contributed by atoms with Crippen LogP contribution in [0.5, 0.6) is 5.75 Å². The number of aliphatic hydroxyl groups is 1. The van der Waals surface area contributed by atoms with Gasteiger partial charge in [-0.2, -0.15) is 0 Å². The standard InChI is InChI=1S/C15H20FNO3/c1-11(2)15(19)9-17(10-15)14(18)7-8-20-13-6-4-3-5-12(13)16/h3-6,11,19H,7-10H2,1-2H3. The summed E-state index contributed by atoms with van der Waals surface area (Å²) in [6.45, 7) is 4.73. The molecule has 0 atom stereocenters. The van der Waals surface area contributed by atoms with E-state index in [1.165, 1.54) is 12.1 Å². The molecule has 5 heteroatoms. The van der Waals surface area contributed by atoms with Gasteiger partial charge in [-0.1, -0.05) is 26.0 Å². The molecular weight excluding hydrogens is 261 g/mol. The zero-order valence-corrected chi connectivity index (χ0v) is 11.8. The smallest absolute Gasteiger partial charge is 0.226 e. The summed E-state index contributed by atoms with van der Waals surface area (Å²) in [6, 6.07) is 6.11. The molecule has 20 heavy (non-hydrogen) atoms. The number of ether oxygens (including phenoxy) is 1. The molecule has 4 nitrogen and oxygen atoms in total. The number of hydrogen-bond acceptors (Lipinski definition) is 3. The molecule has 0 bridgehead atoms.